The van der Waals surface area contributed by atoms with Crippen LogP contribution in [-0.2, 0) is 9.59 Å². The zero-order chi connectivity index (χ0) is 8.69. The molecule has 5 heteroatoms. The van der Waals surface area contributed by atoms with E-state index in [9.17, 15) is 9.59 Å². The Morgan fingerprint density at radius 2 is 2.36 bits per heavy atom. The summed E-state index contributed by atoms with van der Waals surface area (Å²) in [6.07, 6.45) is 0.745. The Hall–Kier alpha value is -0.480. The molecule has 0 aromatic carbocycles. The van der Waals surface area contributed by atoms with Crippen LogP contribution in [0.4, 0.5) is 0 Å². The quantitative estimate of drug-likeness (QED) is 0.407. The van der Waals surface area contributed by atoms with E-state index in [1.54, 1.807) is 0 Å². The molecule has 0 atom stereocenters. The highest BCUT2D eigenvalue weighted by Crippen LogP contribution is 2.09. The maximum atomic E-state index is 10.7. The van der Waals surface area contributed by atoms with Gasteiger partial charge in [0.15, 0.2) is 0 Å². The molecule has 1 amide bonds. The highest BCUT2D eigenvalue weighted by Gasteiger charge is 2.01. The molecule has 0 aromatic heterocycles. The molecule has 0 aliphatic carbocycles. The lowest BCUT2D eigenvalue weighted by atomic mass is 10.6. The van der Waals surface area contributed by atoms with E-state index in [0.717, 1.165) is 6.29 Å². The average molecular weight is 194 g/mol. The van der Waals surface area contributed by atoms with Crippen molar-refractivity contribution in [2.45, 2.75) is 0 Å². The normalized spacial score (nSPS) is 10.9. The fraction of sp³-hybridized carbons (Fsp3) is 0.333. The van der Waals surface area contributed by atoms with Gasteiger partial charge in [-0.05, 0) is 5.41 Å². The van der Waals surface area contributed by atoms with Gasteiger partial charge < -0.3 is 10.1 Å². The van der Waals surface area contributed by atoms with Gasteiger partial charge in [-0.3, -0.25) is 4.79 Å². The second kappa shape index (κ2) is 6.24. The van der Waals surface area contributed by atoms with E-state index in [1.165, 1.54) is 24.2 Å². The molecule has 0 aromatic rings. The minimum absolute atomic E-state index is 0.0966. The van der Waals surface area contributed by atoms with Crippen LogP contribution in [0.5, 0.6) is 0 Å². The van der Waals surface area contributed by atoms with Crippen LogP contribution in [0.15, 0.2) is 10.4 Å². The first-order valence-electron chi connectivity index (χ1n) is 2.85. The number of carbonyl (C=O) groups excluding carboxylic acids is 2. The Kier molecular flexibility index (Phi) is 5.97. The van der Waals surface area contributed by atoms with Crippen molar-refractivity contribution in [1.29, 1.82) is 0 Å². The maximum Gasteiger partial charge on any atom is 0.263 e. The third-order valence-electron chi connectivity index (χ3n) is 0.795. The van der Waals surface area contributed by atoms with Gasteiger partial charge in [0.05, 0.1) is 5.75 Å². The first kappa shape index (κ1) is 10.5. The molecular weight excluding hydrogens is 186 g/mol. The van der Waals surface area contributed by atoms with Gasteiger partial charge in [-0.15, -0.1) is 11.8 Å². The predicted molar refractivity (Wildman–Crippen MR) is 46.5 cm³/mol. The zero-order valence-electron chi connectivity index (χ0n) is 5.96. The number of carbonyl (C=O) groups is 2. The lowest BCUT2D eigenvalue weighted by Gasteiger charge is -1.94. The Balaban J connectivity index is 3.79. The van der Waals surface area contributed by atoms with Crippen LogP contribution in [0.2, 0.25) is 0 Å². The van der Waals surface area contributed by atoms with Crippen LogP contribution in [0.25, 0.3) is 0 Å². The second-order valence-electron chi connectivity index (χ2n) is 1.54. The van der Waals surface area contributed by atoms with Gasteiger partial charge in [0.1, 0.15) is 11.3 Å². The van der Waals surface area contributed by atoms with E-state index < -0.39 is 0 Å². The number of likely N-dealkylation sites (N-methyl/N-ethyl adjacent to an activating group) is 1. The van der Waals surface area contributed by atoms with Gasteiger partial charge in [-0.25, -0.2) is 0 Å². The van der Waals surface area contributed by atoms with Crippen molar-refractivity contribution in [2.24, 2.45) is 0 Å². The van der Waals surface area contributed by atoms with Gasteiger partial charge in [0.2, 0.25) is 0 Å². The number of hydrogen-bond acceptors (Lipinski definition) is 3. The molecule has 62 valence electrons. The minimum Gasteiger partial charge on any atom is -0.354 e. The largest absolute Gasteiger partial charge is 0.354 e. The number of hydrogen-bond donors (Lipinski definition) is 1. The van der Waals surface area contributed by atoms with Crippen molar-refractivity contribution in [1.82, 2.24) is 5.32 Å². The first-order valence-corrected chi connectivity index (χ1v) is 4.28. The van der Waals surface area contributed by atoms with Crippen LogP contribution in [0.1, 0.15) is 0 Å². The second-order valence-corrected chi connectivity index (χ2v) is 2.85. The standard InChI is InChI=1S/C6H8ClNO2S/c1-8-6(10)5(7)4-11-3-2-9/h2,4H,3H2,1H3,(H,8,10). The lowest BCUT2D eigenvalue weighted by Crippen LogP contribution is -2.17. The number of rotatable bonds is 4. The lowest BCUT2D eigenvalue weighted by molar-refractivity contribution is -0.116. The molecule has 0 bridgehead atoms. The van der Waals surface area contributed by atoms with Crippen LogP contribution in [0, 0.1) is 0 Å². The Labute approximate surface area is 74.2 Å². The molecule has 3 nitrogen and oxygen atoms in total. The summed E-state index contributed by atoms with van der Waals surface area (Å²) in [5, 5.41) is 3.89. The molecule has 0 rings (SSSR count). The summed E-state index contributed by atoms with van der Waals surface area (Å²) in [5.74, 6) is -0.0298. The van der Waals surface area contributed by atoms with Gasteiger partial charge in [-0.2, -0.15) is 0 Å². The molecule has 0 radical (unpaired) electrons. The minimum atomic E-state index is -0.343. The summed E-state index contributed by atoms with van der Waals surface area (Å²) >= 11 is 6.66. The van der Waals surface area contributed by atoms with Crippen LogP contribution in [-0.4, -0.2) is 25.0 Å². The third-order valence-corrected chi connectivity index (χ3v) is 1.94. The van der Waals surface area contributed by atoms with Gasteiger partial charge in [-0.1, -0.05) is 11.6 Å². The molecule has 1 N–H and O–H groups in total. The summed E-state index contributed by atoms with van der Waals surface area (Å²) in [6.45, 7) is 0. The molecule has 0 saturated carbocycles. The molecule has 0 aliphatic rings. The highest BCUT2D eigenvalue weighted by atomic mass is 35.5. The smallest absolute Gasteiger partial charge is 0.263 e. The average Bonchev–Trinajstić information content (AvgIpc) is 2.03. The van der Waals surface area contributed by atoms with Crippen molar-refractivity contribution >= 4 is 35.6 Å². The molecular formula is C6H8ClNO2S. The monoisotopic (exact) mass is 193 g/mol. The Bertz CT molecular complexity index is 181. The van der Waals surface area contributed by atoms with Crippen molar-refractivity contribution < 1.29 is 9.59 Å². The fourth-order valence-corrected chi connectivity index (χ4v) is 1.05. The Morgan fingerprint density at radius 1 is 1.73 bits per heavy atom. The van der Waals surface area contributed by atoms with E-state index in [4.69, 9.17) is 11.6 Å². The van der Waals surface area contributed by atoms with Gasteiger partial charge >= 0.3 is 0 Å². The van der Waals surface area contributed by atoms with Crippen LogP contribution < -0.4 is 5.32 Å². The number of aldehydes is 1. The van der Waals surface area contributed by atoms with E-state index in [0.29, 0.717) is 5.75 Å². The number of nitrogens with one attached hydrogen (secondary N) is 1. The number of thioether (sulfide) groups is 1. The molecule has 0 saturated heterocycles. The molecule has 0 aliphatic heterocycles. The summed E-state index contributed by atoms with van der Waals surface area (Å²) in [7, 11) is 1.49. The first-order chi connectivity index (χ1) is 5.22. The maximum absolute atomic E-state index is 10.7. The van der Waals surface area contributed by atoms with Crippen molar-refractivity contribution in [3.63, 3.8) is 0 Å². The predicted octanol–water partition coefficient (Wildman–Crippen LogP) is 0.745. The van der Waals surface area contributed by atoms with Crippen LogP contribution in [0.3, 0.4) is 0 Å². The van der Waals surface area contributed by atoms with E-state index >= 15 is 0 Å². The molecule has 0 heterocycles. The van der Waals surface area contributed by atoms with E-state index in [2.05, 4.69) is 5.32 Å². The SMILES string of the molecule is CNC(=O)C(Cl)=CSCC=O. The van der Waals surface area contributed by atoms with Crippen molar-refractivity contribution in [3.8, 4) is 0 Å². The molecule has 0 fully saturated rings. The summed E-state index contributed by atoms with van der Waals surface area (Å²) < 4.78 is 0. The summed E-state index contributed by atoms with van der Waals surface area (Å²) in [5.41, 5.74) is 0. The zero-order valence-corrected chi connectivity index (χ0v) is 7.54. The molecule has 0 spiro atoms. The van der Waals surface area contributed by atoms with Crippen molar-refractivity contribution in [3.05, 3.63) is 10.4 Å². The van der Waals surface area contributed by atoms with Crippen LogP contribution >= 0.6 is 23.4 Å². The fourth-order valence-electron chi connectivity index (χ4n) is 0.333. The number of amides is 1. The number of halogens is 1. The summed E-state index contributed by atoms with van der Waals surface area (Å²) in [4.78, 5) is 20.5. The van der Waals surface area contributed by atoms with E-state index in [1.807, 2.05) is 0 Å². The van der Waals surface area contributed by atoms with E-state index in [-0.39, 0.29) is 10.9 Å². The highest BCUT2D eigenvalue weighted by molar-refractivity contribution is 8.02. The third kappa shape index (κ3) is 4.86. The molecule has 11 heavy (non-hydrogen) atoms. The topological polar surface area (TPSA) is 46.2 Å². The Morgan fingerprint density at radius 3 is 2.82 bits per heavy atom. The van der Waals surface area contributed by atoms with Gasteiger partial charge in [0.25, 0.3) is 5.91 Å². The van der Waals surface area contributed by atoms with Crippen molar-refractivity contribution in [2.75, 3.05) is 12.8 Å². The molecule has 0 unspecified atom stereocenters. The van der Waals surface area contributed by atoms with Gasteiger partial charge in [0, 0.05) is 7.05 Å². The summed E-state index contributed by atoms with van der Waals surface area (Å²) in [6, 6.07) is 0.